The molecule has 0 saturated carbocycles. The summed E-state index contributed by atoms with van der Waals surface area (Å²) in [7, 11) is -0.351. The molecule has 1 aromatic rings. The predicted octanol–water partition coefficient (Wildman–Crippen LogP) is 1.13. The zero-order valence-corrected chi connectivity index (χ0v) is 13.5. The van der Waals surface area contributed by atoms with Gasteiger partial charge < -0.3 is 10.6 Å². The molecule has 1 rings (SSSR count). The van der Waals surface area contributed by atoms with Crippen LogP contribution in [0.3, 0.4) is 0 Å². The number of hydrogen-bond acceptors (Lipinski definition) is 4. The van der Waals surface area contributed by atoms with Crippen molar-refractivity contribution in [2.24, 2.45) is 0 Å². The molecule has 0 atom stereocenters. The molecule has 21 heavy (non-hydrogen) atoms. The Kier molecular flexibility index (Phi) is 6.64. The number of benzene rings is 1. The van der Waals surface area contributed by atoms with Crippen LogP contribution >= 0.6 is 0 Å². The molecule has 0 unspecified atom stereocenters. The quantitative estimate of drug-likeness (QED) is 0.754. The summed E-state index contributed by atoms with van der Waals surface area (Å²) >= 11 is 0. The average molecular weight is 313 g/mol. The van der Waals surface area contributed by atoms with Crippen molar-refractivity contribution in [1.82, 2.24) is 9.62 Å². The van der Waals surface area contributed by atoms with Crippen molar-refractivity contribution in [3.63, 3.8) is 0 Å². The summed E-state index contributed by atoms with van der Waals surface area (Å²) < 4.78 is 24.4. The molecule has 0 heterocycles. The molecule has 0 saturated heterocycles. The van der Waals surface area contributed by atoms with E-state index in [1.807, 2.05) is 19.1 Å². The lowest BCUT2D eigenvalue weighted by Crippen LogP contribution is -2.34. The van der Waals surface area contributed by atoms with E-state index in [2.05, 4.69) is 10.6 Å². The Morgan fingerprint density at radius 3 is 2.48 bits per heavy atom. The smallest absolute Gasteiger partial charge is 0.253 e. The summed E-state index contributed by atoms with van der Waals surface area (Å²) in [5.41, 5.74) is 1.28. The van der Waals surface area contributed by atoms with Gasteiger partial charge in [0, 0.05) is 32.9 Å². The van der Waals surface area contributed by atoms with Crippen LogP contribution in [0.5, 0.6) is 0 Å². The number of carbonyl (C=O) groups is 1. The number of hydrogen-bond donors (Lipinski definition) is 2. The van der Waals surface area contributed by atoms with Gasteiger partial charge in [-0.25, -0.2) is 12.7 Å². The van der Waals surface area contributed by atoms with Crippen LogP contribution in [-0.4, -0.2) is 51.6 Å². The Hall–Kier alpha value is -1.60. The van der Waals surface area contributed by atoms with Crippen LogP contribution in [0.25, 0.3) is 0 Å². The van der Waals surface area contributed by atoms with Crippen LogP contribution in [-0.2, 0) is 10.0 Å². The fourth-order valence-electron chi connectivity index (χ4n) is 1.67. The van der Waals surface area contributed by atoms with E-state index in [1.165, 1.54) is 14.1 Å². The third kappa shape index (κ3) is 5.35. The molecule has 1 aromatic carbocycles. The SMILES string of the molecule is CCCNc1ccccc1C(=O)NCCS(=O)(=O)N(C)C. The highest BCUT2D eigenvalue weighted by Crippen LogP contribution is 2.14. The second-order valence-corrected chi connectivity index (χ2v) is 7.13. The fraction of sp³-hybridized carbons (Fsp3) is 0.500. The Morgan fingerprint density at radius 2 is 1.86 bits per heavy atom. The zero-order chi connectivity index (χ0) is 15.9. The summed E-state index contributed by atoms with van der Waals surface area (Å²) in [6.07, 6.45) is 0.955. The molecule has 6 nitrogen and oxygen atoms in total. The molecule has 2 N–H and O–H groups in total. The zero-order valence-electron chi connectivity index (χ0n) is 12.7. The predicted molar refractivity (Wildman–Crippen MR) is 85.0 cm³/mol. The number of para-hydroxylation sites is 1. The Morgan fingerprint density at radius 1 is 1.19 bits per heavy atom. The summed E-state index contributed by atoms with van der Waals surface area (Å²) in [4.78, 5) is 12.1. The topological polar surface area (TPSA) is 78.5 Å². The third-order valence-electron chi connectivity index (χ3n) is 2.94. The van der Waals surface area contributed by atoms with Gasteiger partial charge in [-0.2, -0.15) is 0 Å². The van der Waals surface area contributed by atoms with Gasteiger partial charge in [0.25, 0.3) is 5.91 Å². The highest BCUT2D eigenvalue weighted by Gasteiger charge is 2.15. The minimum atomic E-state index is -3.30. The molecular formula is C14H23N3O3S. The van der Waals surface area contributed by atoms with Gasteiger partial charge >= 0.3 is 0 Å². The number of nitrogens with zero attached hydrogens (tertiary/aromatic N) is 1. The van der Waals surface area contributed by atoms with Crippen LogP contribution in [0.15, 0.2) is 24.3 Å². The standard InChI is InChI=1S/C14H23N3O3S/c1-4-9-15-13-8-6-5-7-12(13)14(18)16-10-11-21(19,20)17(2)3/h5-8,15H,4,9-11H2,1-3H3,(H,16,18). The van der Waals surface area contributed by atoms with Gasteiger partial charge in [-0.3, -0.25) is 4.79 Å². The average Bonchev–Trinajstić information content (AvgIpc) is 2.45. The van der Waals surface area contributed by atoms with Gasteiger partial charge in [0.05, 0.1) is 11.3 Å². The molecule has 118 valence electrons. The number of anilines is 1. The first-order chi connectivity index (χ1) is 9.88. The molecule has 0 radical (unpaired) electrons. The largest absolute Gasteiger partial charge is 0.384 e. The Labute approximate surface area is 126 Å². The van der Waals surface area contributed by atoms with Crippen molar-refractivity contribution in [1.29, 1.82) is 0 Å². The molecule has 0 aliphatic heterocycles. The molecule has 0 aliphatic carbocycles. The Bertz CT molecular complexity index is 571. The van der Waals surface area contributed by atoms with Crippen molar-refractivity contribution in [3.05, 3.63) is 29.8 Å². The summed E-state index contributed by atoms with van der Waals surface area (Å²) in [5.74, 6) is -0.390. The van der Waals surface area contributed by atoms with E-state index in [0.29, 0.717) is 5.56 Å². The molecule has 1 amide bonds. The lowest BCUT2D eigenvalue weighted by atomic mass is 10.1. The first-order valence-corrected chi connectivity index (χ1v) is 8.50. The van der Waals surface area contributed by atoms with Gasteiger partial charge in [0.2, 0.25) is 10.0 Å². The number of nitrogens with one attached hydrogen (secondary N) is 2. The van der Waals surface area contributed by atoms with Gasteiger partial charge in [0.15, 0.2) is 0 Å². The molecular weight excluding hydrogens is 290 g/mol. The maximum absolute atomic E-state index is 12.1. The molecule has 0 fully saturated rings. The van der Waals surface area contributed by atoms with Gasteiger partial charge in [0.1, 0.15) is 0 Å². The van der Waals surface area contributed by atoms with Crippen molar-refractivity contribution in [2.45, 2.75) is 13.3 Å². The van der Waals surface area contributed by atoms with E-state index < -0.39 is 10.0 Å². The maximum Gasteiger partial charge on any atom is 0.253 e. The molecule has 0 spiro atoms. The van der Waals surface area contributed by atoms with Crippen molar-refractivity contribution in [3.8, 4) is 0 Å². The molecule has 0 aliphatic rings. The number of rotatable bonds is 8. The minimum absolute atomic E-state index is 0.0848. The number of carbonyl (C=O) groups excluding carboxylic acids is 1. The number of amides is 1. The first-order valence-electron chi connectivity index (χ1n) is 6.89. The maximum atomic E-state index is 12.1. The highest BCUT2D eigenvalue weighted by molar-refractivity contribution is 7.89. The van der Waals surface area contributed by atoms with E-state index in [4.69, 9.17) is 0 Å². The normalized spacial score (nSPS) is 11.4. The lowest BCUT2D eigenvalue weighted by molar-refractivity contribution is 0.0957. The van der Waals surface area contributed by atoms with Gasteiger partial charge in [-0.1, -0.05) is 19.1 Å². The second-order valence-electron chi connectivity index (χ2n) is 4.83. The van der Waals surface area contributed by atoms with E-state index in [9.17, 15) is 13.2 Å². The first kappa shape index (κ1) is 17.5. The monoisotopic (exact) mass is 313 g/mol. The summed E-state index contributed by atoms with van der Waals surface area (Å²) in [5, 5.41) is 5.82. The van der Waals surface area contributed by atoms with Crippen molar-refractivity contribution < 1.29 is 13.2 Å². The van der Waals surface area contributed by atoms with E-state index >= 15 is 0 Å². The van der Waals surface area contributed by atoms with Crippen LogP contribution in [0, 0.1) is 0 Å². The number of sulfonamides is 1. The lowest BCUT2D eigenvalue weighted by Gasteiger charge is -2.13. The van der Waals surface area contributed by atoms with E-state index in [-0.39, 0.29) is 18.2 Å². The van der Waals surface area contributed by atoms with Crippen molar-refractivity contribution >= 4 is 21.6 Å². The van der Waals surface area contributed by atoms with Gasteiger partial charge in [-0.05, 0) is 18.6 Å². The van der Waals surface area contributed by atoms with Gasteiger partial charge in [-0.15, -0.1) is 0 Å². The minimum Gasteiger partial charge on any atom is -0.384 e. The third-order valence-corrected chi connectivity index (χ3v) is 4.77. The molecule has 7 heteroatoms. The Balaban J connectivity index is 2.64. The molecule has 0 aromatic heterocycles. The van der Waals surface area contributed by atoms with Crippen LogP contribution in [0.1, 0.15) is 23.7 Å². The second kappa shape index (κ2) is 7.99. The van der Waals surface area contributed by atoms with Crippen LogP contribution < -0.4 is 10.6 Å². The summed E-state index contributed by atoms with van der Waals surface area (Å²) in [6.45, 7) is 2.91. The molecule has 0 bridgehead atoms. The van der Waals surface area contributed by atoms with Crippen LogP contribution in [0.4, 0.5) is 5.69 Å². The fourth-order valence-corrected chi connectivity index (χ4v) is 2.39. The van der Waals surface area contributed by atoms with Crippen LogP contribution in [0.2, 0.25) is 0 Å². The van der Waals surface area contributed by atoms with E-state index in [0.717, 1.165) is 23.0 Å². The summed E-state index contributed by atoms with van der Waals surface area (Å²) in [6, 6.07) is 7.18. The van der Waals surface area contributed by atoms with E-state index in [1.54, 1.807) is 12.1 Å². The van der Waals surface area contributed by atoms with Crippen molar-refractivity contribution in [2.75, 3.05) is 38.3 Å². The highest BCUT2D eigenvalue weighted by atomic mass is 32.2.